The van der Waals surface area contributed by atoms with Crippen LogP contribution in [0.1, 0.15) is 46.2 Å². The summed E-state index contributed by atoms with van der Waals surface area (Å²) in [5.74, 6) is -0.201. The molecule has 0 fully saturated rings. The molecule has 1 aromatic carbocycles. The molecule has 0 heterocycles. The monoisotopic (exact) mass is 345 g/mol. The minimum atomic E-state index is -0.201. The maximum atomic E-state index is 14.2. The molecule has 0 aliphatic carbocycles. The van der Waals surface area contributed by atoms with Crippen LogP contribution in [0.15, 0.2) is 22.7 Å². The van der Waals surface area contributed by atoms with Gasteiger partial charge < -0.3 is 10.1 Å². The van der Waals surface area contributed by atoms with Gasteiger partial charge in [0.1, 0.15) is 5.82 Å². The zero-order chi connectivity index (χ0) is 15.3. The van der Waals surface area contributed by atoms with Crippen LogP contribution in [0, 0.1) is 11.2 Å². The van der Waals surface area contributed by atoms with E-state index in [0.717, 1.165) is 11.0 Å². The van der Waals surface area contributed by atoms with Crippen molar-refractivity contribution in [1.82, 2.24) is 5.32 Å². The highest BCUT2D eigenvalue weighted by molar-refractivity contribution is 9.10. The van der Waals surface area contributed by atoms with Gasteiger partial charge in [0.2, 0.25) is 0 Å². The molecule has 0 amide bonds. The minimum absolute atomic E-state index is 0.0857. The molecule has 0 aliphatic heterocycles. The summed E-state index contributed by atoms with van der Waals surface area (Å²) >= 11 is 3.42. The number of ether oxygens (including phenoxy) is 1. The summed E-state index contributed by atoms with van der Waals surface area (Å²) in [6.07, 6.45) is -0.101. The predicted molar refractivity (Wildman–Crippen MR) is 85.4 cm³/mol. The summed E-state index contributed by atoms with van der Waals surface area (Å²) in [7, 11) is 0. The molecule has 2 atom stereocenters. The minimum Gasteiger partial charge on any atom is -0.376 e. The maximum Gasteiger partial charge on any atom is 0.128 e. The van der Waals surface area contributed by atoms with Crippen LogP contribution in [0.5, 0.6) is 0 Å². The molecule has 0 spiro atoms. The molecule has 0 saturated heterocycles. The smallest absolute Gasteiger partial charge is 0.128 e. The van der Waals surface area contributed by atoms with E-state index >= 15 is 0 Å². The average molecular weight is 346 g/mol. The lowest BCUT2D eigenvalue weighted by molar-refractivity contribution is -0.0369. The number of nitrogens with one attached hydrogen (secondary N) is 1. The third-order valence-electron chi connectivity index (χ3n) is 3.22. The SMILES string of the molecule is CCNC(c1cc(Br)ccc1F)C(OCC)C(C)(C)C. The molecule has 1 aromatic rings. The van der Waals surface area contributed by atoms with Gasteiger partial charge in [-0.3, -0.25) is 0 Å². The Balaban J connectivity index is 3.23. The highest BCUT2D eigenvalue weighted by Gasteiger charge is 2.34. The first kappa shape index (κ1) is 17.6. The standard InChI is InChI=1S/C16H25BrFNO/c1-6-19-14(15(20-7-2)16(3,4)5)12-10-11(17)8-9-13(12)18/h8-10,14-15,19H,6-7H2,1-5H3. The fraction of sp³-hybridized carbons (Fsp3) is 0.625. The highest BCUT2D eigenvalue weighted by atomic mass is 79.9. The summed E-state index contributed by atoms with van der Waals surface area (Å²) in [6.45, 7) is 11.7. The van der Waals surface area contributed by atoms with E-state index in [0.29, 0.717) is 12.2 Å². The first-order valence-corrected chi connectivity index (χ1v) is 7.90. The lowest BCUT2D eigenvalue weighted by Crippen LogP contribution is -2.42. The van der Waals surface area contributed by atoms with E-state index in [2.05, 4.69) is 42.0 Å². The van der Waals surface area contributed by atoms with Crippen molar-refractivity contribution < 1.29 is 9.13 Å². The van der Waals surface area contributed by atoms with E-state index in [-0.39, 0.29) is 23.4 Å². The van der Waals surface area contributed by atoms with Gasteiger partial charge in [0, 0.05) is 16.6 Å². The Hall–Kier alpha value is -0.450. The second-order valence-electron chi connectivity index (χ2n) is 5.94. The second-order valence-corrected chi connectivity index (χ2v) is 6.86. The van der Waals surface area contributed by atoms with Crippen molar-refractivity contribution in [3.63, 3.8) is 0 Å². The Labute approximate surface area is 130 Å². The van der Waals surface area contributed by atoms with Crippen LogP contribution < -0.4 is 5.32 Å². The third-order valence-corrected chi connectivity index (χ3v) is 3.71. The summed E-state index contributed by atoms with van der Waals surface area (Å²) in [6, 6.07) is 4.88. The molecule has 2 nitrogen and oxygen atoms in total. The first-order chi connectivity index (χ1) is 9.31. The van der Waals surface area contributed by atoms with Crippen molar-refractivity contribution in [1.29, 1.82) is 0 Å². The number of benzene rings is 1. The van der Waals surface area contributed by atoms with Crippen molar-refractivity contribution >= 4 is 15.9 Å². The van der Waals surface area contributed by atoms with Crippen LogP contribution in [0.4, 0.5) is 4.39 Å². The van der Waals surface area contributed by atoms with Gasteiger partial charge in [0.05, 0.1) is 12.1 Å². The zero-order valence-corrected chi connectivity index (χ0v) is 14.6. The normalized spacial score (nSPS) is 15.2. The quantitative estimate of drug-likeness (QED) is 0.807. The maximum absolute atomic E-state index is 14.2. The largest absolute Gasteiger partial charge is 0.376 e. The number of halogens is 2. The number of hydrogen-bond acceptors (Lipinski definition) is 2. The van der Waals surface area contributed by atoms with Gasteiger partial charge in [-0.15, -0.1) is 0 Å². The summed E-state index contributed by atoms with van der Waals surface area (Å²) in [5, 5.41) is 3.37. The molecule has 1 N–H and O–H groups in total. The van der Waals surface area contributed by atoms with Crippen molar-refractivity contribution in [2.24, 2.45) is 5.41 Å². The first-order valence-electron chi connectivity index (χ1n) is 7.11. The molecule has 0 radical (unpaired) electrons. The van der Waals surface area contributed by atoms with E-state index < -0.39 is 0 Å². The second kappa shape index (κ2) is 7.53. The molecule has 0 aromatic heterocycles. The van der Waals surface area contributed by atoms with Crippen molar-refractivity contribution in [3.05, 3.63) is 34.1 Å². The molecule has 0 saturated carbocycles. The lowest BCUT2D eigenvalue weighted by Gasteiger charge is -2.37. The molecule has 0 bridgehead atoms. The van der Waals surface area contributed by atoms with Crippen LogP contribution in [-0.4, -0.2) is 19.3 Å². The van der Waals surface area contributed by atoms with Gasteiger partial charge in [-0.2, -0.15) is 0 Å². The molecule has 2 unspecified atom stereocenters. The van der Waals surface area contributed by atoms with Gasteiger partial charge >= 0.3 is 0 Å². The molecular formula is C16H25BrFNO. The van der Waals surface area contributed by atoms with E-state index in [1.807, 2.05) is 19.9 Å². The summed E-state index contributed by atoms with van der Waals surface area (Å²) < 4.78 is 21.0. The topological polar surface area (TPSA) is 21.3 Å². The van der Waals surface area contributed by atoms with Crippen LogP contribution in [0.25, 0.3) is 0 Å². The lowest BCUT2D eigenvalue weighted by atomic mass is 9.81. The Morgan fingerprint density at radius 3 is 2.45 bits per heavy atom. The Morgan fingerprint density at radius 2 is 1.95 bits per heavy atom. The van der Waals surface area contributed by atoms with E-state index in [9.17, 15) is 4.39 Å². The predicted octanol–water partition coefficient (Wildman–Crippen LogP) is 4.69. The van der Waals surface area contributed by atoms with Crippen LogP contribution in [0.2, 0.25) is 0 Å². The molecule has 114 valence electrons. The zero-order valence-electron chi connectivity index (χ0n) is 13.0. The Morgan fingerprint density at radius 1 is 1.30 bits per heavy atom. The van der Waals surface area contributed by atoms with Crippen molar-refractivity contribution in [2.75, 3.05) is 13.2 Å². The van der Waals surface area contributed by atoms with Crippen molar-refractivity contribution in [2.45, 2.75) is 46.8 Å². The third kappa shape index (κ3) is 4.54. The fourth-order valence-corrected chi connectivity index (χ4v) is 2.76. The van der Waals surface area contributed by atoms with Crippen molar-refractivity contribution in [3.8, 4) is 0 Å². The van der Waals surface area contributed by atoms with Crippen LogP contribution in [0.3, 0.4) is 0 Å². The molecule has 20 heavy (non-hydrogen) atoms. The van der Waals surface area contributed by atoms with Gasteiger partial charge in [0.25, 0.3) is 0 Å². The molecule has 1 rings (SSSR count). The van der Waals surface area contributed by atoms with Gasteiger partial charge in [-0.25, -0.2) is 4.39 Å². The Bertz CT molecular complexity index is 431. The highest BCUT2D eigenvalue weighted by Crippen LogP contribution is 2.34. The number of rotatable bonds is 6. The fourth-order valence-electron chi connectivity index (χ4n) is 2.38. The van der Waals surface area contributed by atoms with Gasteiger partial charge in [-0.1, -0.05) is 43.6 Å². The molecular weight excluding hydrogens is 321 g/mol. The van der Waals surface area contributed by atoms with E-state index in [1.54, 1.807) is 6.07 Å². The summed E-state index contributed by atoms with van der Waals surface area (Å²) in [5.41, 5.74) is 0.562. The molecule has 0 aliphatic rings. The number of likely N-dealkylation sites (N-methyl/N-ethyl adjacent to an activating group) is 1. The van der Waals surface area contributed by atoms with E-state index in [1.165, 1.54) is 6.07 Å². The molecule has 4 heteroatoms. The van der Waals surface area contributed by atoms with E-state index in [4.69, 9.17) is 4.74 Å². The van der Waals surface area contributed by atoms with Crippen LogP contribution >= 0.6 is 15.9 Å². The Kier molecular flexibility index (Phi) is 6.62. The van der Waals surface area contributed by atoms with Crippen LogP contribution in [-0.2, 0) is 4.74 Å². The van der Waals surface area contributed by atoms with Gasteiger partial charge in [-0.05, 0) is 37.1 Å². The van der Waals surface area contributed by atoms with Gasteiger partial charge in [0.15, 0.2) is 0 Å². The summed E-state index contributed by atoms with van der Waals surface area (Å²) in [4.78, 5) is 0. The number of hydrogen-bond donors (Lipinski definition) is 1. The average Bonchev–Trinajstić information content (AvgIpc) is 2.35.